The van der Waals surface area contributed by atoms with Crippen molar-refractivity contribution in [1.29, 1.82) is 0 Å². The predicted octanol–water partition coefficient (Wildman–Crippen LogP) is 1.45. The summed E-state index contributed by atoms with van der Waals surface area (Å²) in [6.07, 6.45) is 3.02. The second kappa shape index (κ2) is 6.43. The Hall–Kier alpha value is -2.96. The van der Waals surface area contributed by atoms with E-state index in [-0.39, 0.29) is 12.5 Å². The van der Waals surface area contributed by atoms with E-state index in [1.54, 1.807) is 23.2 Å². The van der Waals surface area contributed by atoms with Crippen LogP contribution in [0.4, 0.5) is 5.82 Å². The van der Waals surface area contributed by atoms with Gasteiger partial charge in [-0.05, 0) is 5.56 Å². The van der Waals surface area contributed by atoms with Crippen molar-refractivity contribution in [3.8, 4) is 0 Å². The topological polar surface area (TPSA) is 78.0 Å². The second-order valence-corrected chi connectivity index (χ2v) is 5.39. The van der Waals surface area contributed by atoms with Crippen LogP contribution in [0.5, 0.6) is 0 Å². The quantitative estimate of drug-likeness (QED) is 0.771. The lowest BCUT2D eigenvalue weighted by Gasteiger charge is -2.22. The molecule has 0 saturated heterocycles. The molecule has 1 aromatic carbocycles. The van der Waals surface area contributed by atoms with E-state index in [9.17, 15) is 4.79 Å². The summed E-state index contributed by atoms with van der Waals surface area (Å²) in [6.45, 7) is 0.811. The zero-order valence-corrected chi connectivity index (χ0v) is 13.1. The molecule has 7 heteroatoms. The summed E-state index contributed by atoms with van der Waals surface area (Å²) in [4.78, 5) is 31.4. The Labute approximate surface area is 134 Å². The summed E-state index contributed by atoms with van der Waals surface area (Å²) in [6, 6.07) is 9.91. The van der Waals surface area contributed by atoms with Gasteiger partial charge in [0.2, 0.25) is 5.91 Å². The van der Waals surface area contributed by atoms with Crippen LogP contribution in [-0.2, 0) is 11.3 Å². The number of hydrogen-bond acceptors (Lipinski definition) is 5. The largest absolute Gasteiger partial charge is 0.348 e. The SMILES string of the molecule is CN(Cc1ccccc1)C(=O)CN(C)c1ncnc2nc[nH]c12. The van der Waals surface area contributed by atoms with Crippen molar-refractivity contribution >= 4 is 22.9 Å². The van der Waals surface area contributed by atoms with Crippen molar-refractivity contribution < 1.29 is 4.79 Å². The Kier molecular flexibility index (Phi) is 4.18. The third kappa shape index (κ3) is 3.28. The zero-order valence-electron chi connectivity index (χ0n) is 13.1. The summed E-state index contributed by atoms with van der Waals surface area (Å²) < 4.78 is 0. The van der Waals surface area contributed by atoms with E-state index in [2.05, 4.69) is 19.9 Å². The monoisotopic (exact) mass is 310 g/mol. The number of hydrogen-bond donors (Lipinski definition) is 1. The molecule has 0 atom stereocenters. The van der Waals surface area contributed by atoms with Crippen LogP contribution in [0.1, 0.15) is 5.56 Å². The van der Waals surface area contributed by atoms with E-state index in [4.69, 9.17) is 0 Å². The normalized spacial score (nSPS) is 10.7. The van der Waals surface area contributed by atoms with Crippen LogP contribution < -0.4 is 4.90 Å². The molecule has 0 aliphatic heterocycles. The van der Waals surface area contributed by atoms with Gasteiger partial charge in [-0.1, -0.05) is 30.3 Å². The number of nitrogens with zero attached hydrogens (tertiary/aromatic N) is 5. The van der Waals surface area contributed by atoms with Crippen LogP contribution in [0, 0.1) is 0 Å². The first kappa shape index (κ1) is 15.0. The standard InChI is InChI=1S/C16H18N6O/c1-21(8-12-6-4-3-5-7-12)13(23)9-22(2)16-14-15(18-10-17-14)19-11-20-16/h3-7,10-11H,8-9H2,1-2H3,(H,17,18,19,20). The van der Waals surface area contributed by atoms with E-state index in [1.165, 1.54) is 6.33 Å². The lowest BCUT2D eigenvalue weighted by atomic mass is 10.2. The van der Waals surface area contributed by atoms with E-state index in [0.717, 1.165) is 11.1 Å². The summed E-state index contributed by atoms with van der Waals surface area (Å²) >= 11 is 0. The molecule has 0 aliphatic rings. The van der Waals surface area contributed by atoms with Crippen molar-refractivity contribution in [3.05, 3.63) is 48.5 Å². The van der Waals surface area contributed by atoms with Gasteiger partial charge in [0.25, 0.3) is 0 Å². The fourth-order valence-corrected chi connectivity index (χ4v) is 2.39. The number of fused-ring (bicyclic) bond motifs is 1. The van der Waals surface area contributed by atoms with Gasteiger partial charge in [-0.15, -0.1) is 0 Å². The highest BCUT2D eigenvalue weighted by Gasteiger charge is 2.16. The third-order valence-electron chi connectivity index (χ3n) is 3.63. The molecule has 2 aromatic heterocycles. The van der Waals surface area contributed by atoms with Gasteiger partial charge in [0.1, 0.15) is 11.8 Å². The minimum atomic E-state index is 0.0163. The molecule has 0 fully saturated rings. The van der Waals surface area contributed by atoms with E-state index >= 15 is 0 Å². The smallest absolute Gasteiger partial charge is 0.242 e. The van der Waals surface area contributed by atoms with E-state index in [1.807, 2.05) is 37.4 Å². The number of aromatic amines is 1. The molecule has 0 aliphatic carbocycles. The van der Waals surface area contributed by atoms with Crippen molar-refractivity contribution in [3.63, 3.8) is 0 Å². The highest BCUT2D eigenvalue weighted by Crippen LogP contribution is 2.18. The van der Waals surface area contributed by atoms with Crippen molar-refractivity contribution in [1.82, 2.24) is 24.8 Å². The maximum atomic E-state index is 12.4. The highest BCUT2D eigenvalue weighted by atomic mass is 16.2. The molecule has 1 amide bonds. The number of H-pyrrole nitrogens is 1. The molecule has 2 heterocycles. The molecule has 0 unspecified atom stereocenters. The van der Waals surface area contributed by atoms with Gasteiger partial charge in [-0.25, -0.2) is 15.0 Å². The molecule has 1 N–H and O–H groups in total. The van der Waals surface area contributed by atoms with Gasteiger partial charge < -0.3 is 14.8 Å². The Bertz CT molecular complexity index is 800. The summed E-state index contributed by atoms with van der Waals surface area (Å²) in [7, 11) is 3.63. The van der Waals surface area contributed by atoms with Crippen LogP contribution in [0.25, 0.3) is 11.2 Å². The van der Waals surface area contributed by atoms with Crippen LogP contribution in [0.2, 0.25) is 0 Å². The van der Waals surface area contributed by atoms with E-state index < -0.39 is 0 Å². The number of benzene rings is 1. The number of carbonyl (C=O) groups excluding carboxylic acids is 1. The number of amides is 1. The fraction of sp³-hybridized carbons (Fsp3) is 0.250. The number of carbonyl (C=O) groups is 1. The van der Waals surface area contributed by atoms with Crippen LogP contribution in [0.15, 0.2) is 43.0 Å². The summed E-state index contributed by atoms with van der Waals surface area (Å²) in [5.41, 5.74) is 2.42. The molecular weight excluding hydrogens is 292 g/mol. The molecule has 3 rings (SSSR count). The van der Waals surface area contributed by atoms with Crippen LogP contribution in [-0.4, -0.2) is 51.4 Å². The molecule has 7 nitrogen and oxygen atoms in total. The molecule has 0 spiro atoms. The molecule has 118 valence electrons. The first-order chi connectivity index (χ1) is 11.1. The lowest BCUT2D eigenvalue weighted by molar-refractivity contribution is -0.128. The van der Waals surface area contributed by atoms with Gasteiger partial charge in [0.05, 0.1) is 12.9 Å². The number of imidazole rings is 1. The average Bonchev–Trinajstić information content (AvgIpc) is 3.04. The predicted molar refractivity (Wildman–Crippen MR) is 87.9 cm³/mol. The maximum Gasteiger partial charge on any atom is 0.242 e. The Morgan fingerprint density at radius 3 is 2.70 bits per heavy atom. The maximum absolute atomic E-state index is 12.4. The Morgan fingerprint density at radius 2 is 1.91 bits per heavy atom. The average molecular weight is 310 g/mol. The van der Waals surface area contributed by atoms with E-state index in [0.29, 0.717) is 18.0 Å². The number of nitrogens with one attached hydrogen (secondary N) is 1. The first-order valence-corrected chi connectivity index (χ1v) is 7.28. The van der Waals surface area contributed by atoms with Gasteiger partial charge in [-0.3, -0.25) is 4.79 Å². The molecule has 3 aromatic rings. The molecule has 23 heavy (non-hydrogen) atoms. The second-order valence-electron chi connectivity index (χ2n) is 5.39. The van der Waals surface area contributed by atoms with Crippen molar-refractivity contribution in [2.75, 3.05) is 25.5 Å². The van der Waals surface area contributed by atoms with Crippen molar-refractivity contribution in [2.45, 2.75) is 6.54 Å². The third-order valence-corrected chi connectivity index (χ3v) is 3.63. The van der Waals surface area contributed by atoms with Crippen molar-refractivity contribution in [2.24, 2.45) is 0 Å². The van der Waals surface area contributed by atoms with Gasteiger partial charge >= 0.3 is 0 Å². The van der Waals surface area contributed by atoms with Crippen LogP contribution in [0.3, 0.4) is 0 Å². The molecule has 0 saturated carbocycles. The number of rotatable bonds is 5. The summed E-state index contributed by atoms with van der Waals surface area (Å²) in [5, 5.41) is 0. The number of anilines is 1. The van der Waals surface area contributed by atoms with Gasteiger partial charge in [-0.2, -0.15) is 0 Å². The summed E-state index contributed by atoms with van der Waals surface area (Å²) in [5.74, 6) is 0.677. The highest BCUT2D eigenvalue weighted by molar-refractivity contribution is 5.86. The lowest BCUT2D eigenvalue weighted by Crippen LogP contribution is -2.36. The Morgan fingerprint density at radius 1 is 1.13 bits per heavy atom. The molecular formula is C16H18N6O. The number of likely N-dealkylation sites (N-methyl/N-ethyl adjacent to an activating group) is 2. The zero-order chi connectivity index (χ0) is 16.2. The fourth-order valence-electron chi connectivity index (χ4n) is 2.39. The van der Waals surface area contributed by atoms with Gasteiger partial charge in [0, 0.05) is 20.6 Å². The molecule has 0 bridgehead atoms. The number of aromatic nitrogens is 4. The first-order valence-electron chi connectivity index (χ1n) is 7.28. The molecule has 0 radical (unpaired) electrons. The van der Waals surface area contributed by atoms with Gasteiger partial charge in [0.15, 0.2) is 11.5 Å². The minimum absolute atomic E-state index is 0.0163. The Balaban J connectivity index is 1.68. The van der Waals surface area contributed by atoms with Crippen LogP contribution >= 0.6 is 0 Å². The minimum Gasteiger partial charge on any atom is -0.348 e.